The second kappa shape index (κ2) is 35.5. The molecule has 0 saturated carbocycles. The SMILES string of the molecule is c1ccc(-c2c3ccccc3c(-c3ccccc3)c3cc(C4(c5ccccc5)c5ccccc5-c5ccccc5-c5ccccc54)ccc23)cc1.c1ccc(-c2cc3ccc4cc(C5(c6ccccc6)c6ccccc6-c6ccccc6-c6ccccc65)cc5ccc(c2)c3c45)cc1.c1ccc(C2(c3ccc4c(ccc5cc(-c6cccc7ccccc67)ccc54)c3)c3ccccc3-c3ccccc3-c3ccccc32)cc1. The first kappa shape index (κ1) is 86.2. The third-order valence-corrected chi connectivity index (χ3v) is 32.2. The van der Waals surface area contributed by atoms with Crippen LogP contribution in [0.3, 0.4) is 0 Å². The van der Waals surface area contributed by atoms with Crippen LogP contribution >= 0.6 is 0 Å². The normalized spacial score (nSPS) is 13.1. The van der Waals surface area contributed by atoms with Crippen LogP contribution in [0.5, 0.6) is 0 Å². The molecule has 27 aromatic rings. The summed E-state index contributed by atoms with van der Waals surface area (Å²) < 4.78 is 0. The van der Waals surface area contributed by atoms with E-state index in [2.05, 4.69) is 582 Å². The quantitative estimate of drug-likeness (QED) is 0.0946. The van der Waals surface area contributed by atoms with E-state index in [9.17, 15) is 0 Å². The highest BCUT2D eigenvalue weighted by Crippen LogP contribution is 2.61. The topological polar surface area (TPSA) is 0 Å². The summed E-state index contributed by atoms with van der Waals surface area (Å²) in [5.74, 6) is 0. The average molecular weight is 1860 g/mol. The molecule has 30 rings (SSSR count). The zero-order chi connectivity index (χ0) is 97.1. The van der Waals surface area contributed by atoms with E-state index >= 15 is 0 Å². The number of hydrogen-bond acceptors (Lipinski definition) is 0. The maximum Gasteiger partial charge on any atom is 0.0713 e. The highest BCUT2D eigenvalue weighted by molar-refractivity contribution is 6.25. The minimum atomic E-state index is -0.603. The van der Waals surface area contributed by atoms with E-state index in [1.807, 2.05) is 0 Å². The van der Waals surface area contributed by atoms with Crippen LogP contribution in [0.25, 0.3) is 197 Å². The van der Waals surface area contributed by atoms with Crippen molar-refractivity contribution in [3.05, 3.63) is 649 Å². The third kappa shape index (κ3) is 13.7. The van der Waals surface area contributed by atoms with Gasteiger partial charge in [0, 0.05) is 0 Å². The van der Waals surface area contributed by atoms with Gasteiger partial charge in [0.15, 0.2) is 0 Å². The van der Waals surface area contributed by atoms with Gasteiger partial charge in [-0.2, -0.15) is 0 Å². The molecule has 684 valence electrons. The Labute approximate surface area is 856 Å². The average Bonchev–Trinajstić information content (AvgIpc) is 1.41. The number of rotatable bonds is 10. The van der Waals surface area contributed by atoms with Crippen LogP contribution in [0.4, 0.5) is 0 Å². The van der Waals surface area contributed by atoms with Gasteiger partial charge in [-0.15, -0.1) is 0 Å². The van der Waals surface area contributed by atoms with Gasteiger partial charge >= 0.3 is 0 Å². The van der Waals surface area contributed by atoms with Crippen molar-refractivity contribution in [2.45, 2.75) is 16.2 Å². The Hall–Kier alpha value is -18.7. The summed E-state index contributed by atoms with van der Waals surface area (Å²) in [4.78, 5) is 0. The predicted molar refractivity (Wildman–Crippen MR) is 621 cm³/mol. The fraction of sp³-hybridized carbons (Fsp3) is 0.0204. The number of fused-ring (bicyclic) bond motifs is 21. The lowest BCUT2D eigenvalue weighted by Crippen LogP contribution is -2.31. The Morgan fingerprint density at radius 2 is 0.354 bits per heavy atom. The molecule has 0 spiro atoms. The third-order valence-electron chi connectivity index (χ3n) is 32.2. The summed E-state index contributed by atoms with van der Waals surface area (Å²) in [6, 6.07) is 216. The van der Waals surface area contributed by atoms with E-state index in [-0.39, 0.29) is 0 Å². The van der Waals surface area contributed by atoms with Crippen LogP contribution in [-0.4, -0.2) is 0 Å². The lowest BCUT2D eigenvalue weighted by molar-refractivity contribution is 0.753. The summed E-state index contributed by atoms with van der Waals surface area (Å²) >= 11 is 0. The summed E-state index contributed by atoms with van der Waals surface area (Å²) in [6.45, 7) is 0. The molecule has 0 heterocycles. The molecule has 0 radical (unpaired) electrons. The largest absolute Gasteiger partial charge is 0.0713 e. The monoisotopic (exact) mass is 1860 g/mol. The molecule has 0 saturated heterocycles. The van der Waals surface area contributed by atoms with E-state index in [1.165, 1.54) is 264 Å². The van der Waals surface area contributed by atoms with Crippen LogP contribution in [0.2, 0.25) is 0 Å². The minimum absolute atomic E-state index is 0.533. The molecule has 0 heteroatoms. The molecule has 0 atom stereocenters. The van der Waals surface area contributed by atoms with Crippen LogP contribution in [0.1, 0.15) is 66.8 Å². The fourth-order valence-corrected chi connectivity index (χ4v) is 26.0. The van der Waals surface area contributed by atoms with Crippen LogP contribution in [0, 0.1) is 0 Å². The van der Waals surface area contributed by atoms with Crippen molar-refractivity contribution in [3.63, 3.8) is 0 Å². The van der Waals surface area contributed by atoms with Gasteiger partial charge < -0.3 is 0 Å². The van der Waals surface area contributed by atoms with E-state index < -0.39 is 16.2 Å². The first-order valence-corrected chi connectivity index (χ1v) is 51.3. The molecule has 147 heavy (non-hydrogen) atoms. The smallest absolute Gasteiger partial charge is 0.0622 e. The molecule has 0 unspecified atom stereocenters. The summed E-state index contributed by atoms with van der Waals surface area (Å²) in [5.41, 5.74) is 39.0. The molecule has 0 fully saturated rings. The molecule has 0 aromatic heterocycles. The molecule has 0 aliphatic heterocycles. The zero-order valence-corrected chi connectivity index (χ0v) is 80.9. The van der Waals surface area contributed by atoms with Gasteiger partial charge in [0.2, 0.25) is 0 Å². The number of hydrogen-bond donors (Lipinski definition) is 0. The van der Waals surface area contributed by atoms with Crippen LogP contribution in [0.15, 0.2) is 582 Å². The van der Waals surface area contributed by atoms with Crippen molar-refractivity contribution >= 4 is 86.2 Å². The minimum Gasteiger partial charge on any atom is -0.0622 e. The summed E-state index contributed by atoms with van der Waals surface area (Å²) in [7, 11) is 0. The molecule has 3 aliphatic carbocycles. The van der Waals surface area contributed by atoms with Crippen LogP contribution in [-0.2, 0) is 16.2 Å². The first-order chi connectivity index (χ1) is 72.9. The van der Waals surface area contributed by atoms with E-state index in [1.54, 1.807) is 0 Å². The van der Waals surface area contributed by atoms with Gasteiger partial charge in [0.1, 0.15) is 0 Å². The van der Waals surface area contributed by atoms with Crippen molar-refractivity contribution < 1.29 is 0 Å². The molecular formula is C147H96. The van der Waals surface area contributed by atoms with E-state index in [0.29, 0.717) is 0 Å². The Morgan fingerprint density at radius 1 is 0.102 bits per heavy atom. The lowest BCUT2D eigenvalue weighted by atomic mass is 9.63. The first-order valence-electron chi connectivity index (χ1n) is 51.3. The van der Waals surface area contributed by atoms with Gasteiger partial charge in [-0.1, -0.05) is 540 Å². The van der Waals surface area contributed by atoms with Gasteiger partial charge in [0.25, 0.3) is 0 Å². The standard InChI is InChI=1S/C51H34.C49H32.C47H30/c1-4-18-35(19-5-1)49-43-28-12-13-29-44(43)50(36-20-6-2-7-21-36)46-34-38(32-33-45(46)49)51(37-22-8-3-9-23-37)47-30-16-14-26-41(47)39-24-10-11-25-40(39)42-27-15-17-31-48(42)51;1-2-15-37(16-3-1)49(47-23-10-8-20-45(47)43-18-6-7-19-44(43)46-21-9-11-24-48(46)49)38-28-30-42-36(32-38)26-25-34-31-35(27-29-41(34)42)40-22-12-14-33-13-4-5-17-39(33)40;1-3-13-31(14-4-1)36-27-32-23-25-34-29-38(30-35-26-24-33(28-36)45(32)46(34)35)47(37-15-5-2-6-16-37)43-21-11-9-19-41(43)39-17-7-8-18-40(39)42-20-10-12-22-44(42)47/h1-34H;1-32H;1-30H. The highest BCUT2D eigenvalue weighted by Gasteiger charge is 2.48. The highest BCUT2D eigenvalue weighted by atomic mass is 14.5. The fourth-order valence-electron chi connectivity index (χ4n) is 26.0. The van der Waals surface area contributed by atoms with Crippen LogP contribution < -0.4 is 0 Å². The lowest BCUT2D eigenvalue weighted by Gasteiger charge is -2.38. The van der Waals surface area contributed by atoms with Crippen molar-refractivity contribution in [2.75, 3.05) is 0 Å². The number of benzene rings is 27. The molecule has 3 aliphatic rings. The predicted octanol–water partition coefficient (Wildman–Crippen LogP) is 38.5. The molecule has 27 aromatic carbocycles. The maximum absolute atomic E-state index is 2.52. The van der Waals surface area contributed by atoms with Crippen molar-refractivity contribution in [3.8, 4) is 111 Å². The molecule has 0 bridgehead atoms. The summed E-state index contributed by atoms with van der Waals surface area (Å²) in [5, 5.41) is 20.4. The van der Waals surface area contributed by atoms with Gasteiger partial charge in [-0.3, -0.25) is 0 Å². The second-order valence-electron chi connectivity index (χ2n) is 39.6. The van der Waals surface area contributed by atoms with E-state index in [4.69, 9.17) is 0 Å². The zero-order valence-electron chi connectivity index (χ0n) is 80.9. The van der Waals surface area contributed by atoms with Crippen molar-refractivity contribution in [2.24, 2.45) is 0 Å². The van der Waals surface area contributed by atoms with Gasteiger partial charge in [-0.05, 0) is 307 Å². The second-order valence-corrected chi connectivity index (χ2v) is 39.6. The molecule has 0 N–H and O–H groups in total. The van der Waals surface area contributed by atoms with Gasteiger partial charge in [-0.25, -0.2) is 0 Å². The Bertz CT molecular complexity index is 9570. The van der Waals surface area contributed by atoms with Crippen molar-refractivity contribution in [1.82, 2.24) is 0 Å². The Morgan fingerprint density at radius 3 is 0.748 bits per heavy atom. The van der Waals surface area contributed by atoms with Gasteiger partial charge in [0.05, 0.1) is 16.2 Å². The summed E-state index contributed by atoms with van der Waals surface area (Å²) in [6.07, 6.45) is 0. The Kier molecular flexibility index (Phi) is 20.8. The molecule has 0 nitrogen and oxygen atoms in total. The Balaban J connectivity index is 0.000000107. The molecular weight excluding hydrogens is 1770 g/mol. The van der Waals surface area contributed by atoms with E-state index in [0.717, 1.165) is 0 Å². The molecule has 0 amide bonds. The maximum atomic E-state index is 2.52. The van der Waals surface area contributed by atoms with Crippen molar-refractivity contribution in [1.29, 1.82) is 0 Å².